The van der Waals surface area contributed by atoms with Gasteiger partial charge in [0.15, 0.2) is 5.78 Å². The van der Waals surface area contributed by atoms with Crippen molar-refractivity contribution >= 4 is 11.8 Å². The number of halogens is 1. The van der Waals surface area contributed by atoms with Crippen LogP contribution in [0.5, 0.6) is 0 Å². The van der Waals surface area contributed by atoms with Crippen LogP contribution < -0.4 is 0 Å². The van der Waals surface area contributed by atoms with E-state index in [1.165, 1.54) is 12.1 Å². The molecule has 1 aromatic carbocycles. The van der Waals surface area contributed by atoms with Crippen LogP contribution in [0.4, 0.5) is 4.39 Å². The van der Waals surface area contributed by atoms with Crippen molar-refractivity contribution in [3.05, 3.63) is 46.0 Å². The fourth-order valence-electron chi connectivity index (χ4n) is 1.98. The molecule has 20 heavy (non-hydrogen) atoms. The Morgan fingerprint density at radius 2 is 1.95 bits per heavy atom. The van der Waals surface area contributed by atoms with Gasteiger partial charge in [0.2, 0.25) is 6.54 Å². The van der Waals surface area contributed by atoms with E-state index in [-0.39, 0.29) is 5.56 Å². The maximum Gasteiger partial charge on any atom is 0.352 e. The second-order valence-electron chi connectivity index (χ2n) is 4.24. The third-order valence-corrected chi connectivity index (χ3v) is 3.01. The molecule has 0 fully saturated rings. The van der Waals surface area contributed by atoms with E-state index in [0.29, 0.717) is 0 Å². The highest BCUT2D eigenvalue weighted by Crippen LogP contribution is 2.34. The van der Waals surface area contributed by atoms with Crippen LogP contribution in [0.15, 0.2) is 30.3 Å². The number of carbonyl (C=O) groups excluding carboxylic acids is 2. The van der Waals surface area contributed by atoms with Crippen molar-refractivity contribution in [1.29, 1.82) is 0 Å². The van der Waals surface area contributed by atoms with Crippen LogP contribution in [0.1, 0.15) is 18.4 Å². The lowest BCUT2D eigenvalue weighted by Gasteiger charge is -2.26. The smallest absolute Gasteiger partial charge is 0.352 e. The maximum atomic E-state index is 14.9. The molecule has 6 nitrogen and oxygen atoms in total. The topological polar surface area (TPSA) is 86.5 Å². The normalized spacial score (nSPS) is 14.9. The van der Waals surface area contributed by atoms with Gasteiger partial charge in [-0.3, -0.25) is 14.9 Å². The van der Waals surface area contributed by atoms with Gasteiger partial charge in [-0.2, -0.15) is 0 Å². The molecule has 0 aliphatic rings. The fourth-order valence-corrected chi connectivity index (χ4v) is 1.98. The van der Waals surface area contributed by atoms with E-state index in [1.807, 2.05) is 0 Å². The summed E-state index contributed by atoms with van der Waals surface area (Å²) in [6.45, 7) is -0.0258. The number of nitrogens with zero attached hydrogens (tertiary/aromatic N) is 1. The number of ketones is 1. The Morgan fingerprint density at radius 3 is 2.35 bits per heavy atom. The number of nitro groups is 1. The first kappa shape index (κ1) is 15.7. The molecule has 0 aliphatic carbocycles. The number of Topliss-reactive ketones (excluding diaryl/α,β-unsaturated/α-hetero) is 1. The summed E-state index contributed by atoms with van der Waals surface area (Å²) in [6, 6.07) is 7.57. The minimum Gasteiger partial charge on any atom is -0.466 e. The second-order valence-corrected chi connectivity index (χ2v) is 4.24. The van der Waals surface area contributed by atoms with Crippen molar-refractivity contribution in [3.63, 3.8) is 0 Å². The number of ether oxygens (including phenoxy) is 1. The van der Waals surface area contributed by atoms with Crippen LogP contribution in [0.3, 0.4) is 0 Å². The van der Waals surface area contributed by atoms with E-state index in [0.717, 1.165) is 14.0 Å². The average Bonchev–Trinajstić information content (AvgIpc) is 2.43. The van der Waals surface area contributed by atoms with Crippen molar-refractivity contribution in [2.75, 3.05) is 13.7 Å². The highest BCUT2D eigenvalue weighted by Gasteiger charge is 2.55. The van der Waals surface area contributed by atoms with Gasteiger partial charge in [0.05, 0.1) is 7.11 Å². The van der Waals surface area contributed by atoms with Crippen LogP contribution in [-0.2, 0) is 14.3 Å². The molecule has 0 saturated carbocycles. The molecule has 0 spiro atoms. The first-order valence-electron chi connectivity index (χ1n) is 5.79. The summed E-state index contributed by atoms with van der Waals surface area (Å²) in [7, 11) is 0.924. The predicted octanol–water partition coefficient (Wildman–Crippen LogP) is 1.52. The van der Waals surface area contributed by atoms with E-state index in [1.54, 1.807) is 18.2 Å². The Hall–Kier alpha value is -2.31. The molecule has 0 aliphatic heterocycles. The first-order valence-corrected chi connectivity index (χ1v) is 5.79. The van der Waals surface area contributed by atoms with Crippen molar-refractivity contribution in [2.24, 2.45) is 0 Å². The molecular weight excluding hydrogens is 269 g/mol. The number of alkyl halides is 1. The Labute approximate surface area is 114 Å². The van der Waals surface area contributed by atoms with Gasteiger partial charge < -0.3 is 4.74 Å². The fraction of sp³-hybridized carbons (Fsp3) is 0.385. The molecule has 0 N–H and O–H groups in total. The number of hydrogen-bond donors (Lipinski definition) is 0. The van der Waals surface area contributed by atoms with Crippen LogP contribution in [0.2, 0.25) is 0 Å². The van der Waals surface area contributed by atoms with Gasteiger partial charge in [-0.15, -0.1) is 0 Å². The van der Waals surface area contributed by atoms with Gasteiger partial charge in [0.25, 0.3) is 5.67 Å². The Morgan fingerprint density at radius 1 is 1.40 bits per heavy atom. The standard InChI is InChI=1S/C13H14FNO5/c1-9(16)13(14,12(17)20-2)11(8-15(18)19)10-6-4-3-5-7-10/h3-7,11H,8H2,1-2H3. The summed E-state index contributed by atoms with van der Waals surface area (Å²) in [5, 5.41) is 10.7. The first-order chi connectivity index (χ1) is 9.33. The van der Waals surface area contributed by atoms with Gasteiger partial charge in [0, 0.05) is 4.92 Å². The molecule has 0 heterocycles. The van der Waals surface area contributed by atoms with Crippen LogP contribution in [-0.4, -0.2) is 36.0 Å². The lowest BCUT2D eigenvalue weighted by atomic mass is 9.81. The van der Waals surface area contributed by atoms with Crippen molar-refractivity contribution < 1.29 is 23.6 Å². The molecule has 0 bridgehead atoms. The number of rotatable bonds is 6. The van der Waals surface area contributed by atoms with Gasteiger partial charge in [-0.25, -0.2) is 9.18 Å². The van der Waals surface area contributed by atoms with Crippen molar-refractivity contribution in [3.8, 4) is 0 Å². The van der Waals surface area contributed by atoms with Gasteiger partial charge >= 0.3 is 5.97 Å². The molecule has 2 atom stereocenters. The molecule has 1 aromatic rings. The SMILES string of the molecule is COC(=O)C(F)(C(C)=O)C(C[N+](=O)[O-])c1ccccc1. The third-order valence-electron chi connectivity index (χ3n) is 3.01. The molecule has 0 amide bonds. The van der Waals surface area contributed by atoms with Gasteiger partial charge in [0.1, 0.15) is 5.92 Å². The summed E-state index contributed by atoms with van der Waals surface area (Å²) < 4.78 is 19.2. The van der Waals surface area contributed by atoms with E-state index >= 15 is 0 Å². The third kappa shape index (κ3) is 2.98. The van der Waals surface area contributed by atoms with Crippen LogP contribution >= 0.6 is 0 Å². The molecule has 0 aromatic heterocycles. The Balaban J connectivity index is 3.37. The van der Waals surface area contributed by atoms with Crippen LogP contribution in [0.25, 0.3) is 0 Å². The molecule has 1 rings (SSSR count). The summed E-state index contributed by atoms with van der Waals surface area (Å²) in [5.74, 6) is -4.09. The quantitative estimate of drug-likeness (QED) is 0.342. The van der Waals surface area contributed by atoms with E-state index < -0.39 is 34.8 Å². The number of methoxy groups -OCH3 is 1. The van der Waals surface area contributed by atoms with E-state index in [2.05, 4.69) is 4.74 Å². The highest BCUT2D eigenvalue weighted by molar-refractivity contribution is 6.07. The molecule has 108 valence electrons. The number of esters is 1. The summed E-state index contributed by atoms with van der Waals surface area (Å²) in [5.41, 5.74) is -2.89. The molecule has 0 saturated heterocycles. The van der Waals surface area contributed by atoms with E-state index in [9.17, 15) is 24.1 Å². The molecule has 0 radical (unpaired) electrons. The number of carbonyl (C=O) groups is 2. The maximum absolute atomic E-state index is 14.9. The Kier molecular flexibility index (Phi) is 4.90. The number of hydrogen-bond acceptors (Lipinski definition) is 5. The van der Waals surface area contributed by atoms with Gasteiger partial charge in [-0.1, -0.05) is 30.3 Å². The lowest BCUT2D eigenvalue weighted by molar-refractivity contribution is -0.485. The largest absolute Gasteiger partial charge is 0.466 e. The zero-order valence-electron chi connectivity index (χ0n) is 11.0. The van der Waals surface area contributed by atoms with Crippen molar-refractivity contribution in [2.45, 2.75) is 18.5 Å². The summed E-state index contributed by atoms with van der Waals surface area (Å²) in [4.78, 5) is 33.2. The molecule has 2 unspecified atom stereocenters. The van der Waals surface area contributed by atoms with Gasteiger partial charge in [-0.05, 0) is 12.5 Å². The Bertz CT molecular complexity index is 519. The minimum atomic E-state index is -3.08. The minimum absolute atomic E-state index is 0.187. The van der Waals surface area contributed by atoms with E-state index in [4.69, 9.17) is 0 Å². The predicted molar refractivity (Wildman–Crippen MR) is 67.6 cm³/mol. The molecule has 7 heteroatoms. The molecular formula is C13H14FNO5. The summed E-state index contributed by atoms with van der Waals surface area (Å²) >= 11 is 0. The second kappa shape index (κ2) is 6.23. The summed E-state index contributed by atoms with van der Waals surface area (Å²) in [6.07, 6.45) is 0. The highest BCUT2D eigenvalue weighted by atomic mass is 19.1. The lowest BCUT2D eigenvalue weighted by Crippen LogP contribution is -2.49. The van der Waals surface area contributed by atoms with Crippen LogP contribution in [0, 0.1) is 10.1 Å². The van der Waals surface area contributed by atoms with Crippen molar-refractivity contribution in [1.82, 2.24) is 0 Å². The zero-order chi connectivity index (χ0) is 15.3. The average molecular weight is 283 g/mol. The monoisotopic (exact) mass is 283 g/mol. The zero-order valence-corrected chi connectivity index (χ0v) is 11.0. The number of benzene rings is 1.